The van der Waals surface area contributed by atoms with Crippen LogP contribution >= 0.6 is 0 Å². The highest BCUT2D eigenvalue weighted by molar-refractivity contribution is 5.97. The van der Waals surface area contributed by atoms with Crippen LogP contribution in [0, 0.1) is 6.92 Å². The Labute approximate surface area is 171 Å². The van der Waals surface area contributed by atoms with E-state index >= 15 is 0 Å². The Hall–Kier alpha value is -2.87. The van der Waals surface area contributed by atoms with Crippen molar-refractivity contribution in [1.82, 2.24) is 9.97 Å². The summed E-state index contributed by atoms with van der Waals surface area (Å²) in [4.78, 5) is 20.6. The third-order valence-electron chi connectivity index (χ3n) is 4.96. The van der Waals surface area contributed by atoms with Crippen LogP contribution in [0.25, 0.3) is 0 Å². The van der Waals surface area contributed by atoms with Crippen molar-refractivity contribution in [3.63, 3.8) is 0 Å². The van der Waals surface area contributed by atoms with Gasteiger partial charge in [-0.25, -0.2) is 9.97 Å². The van der Waals surface area contributed by atoms with Gasteiger partial charge in [0.15, 0.2) is 5.69 Å². The van der Waals surface area contributed by atoms with Crippen molar-refractivity contribution in [2.24, 2.45) is 11.5 Å². The first-order valence-electron chi connectivity index (χ1n) is 10.1. The lowest BCUT2D eigenvalue weighted by molar-refractivity contribution is 0.0996. The van der Waals surface area contributed by atoms with Gasteiger partial charge >= 0.3 is 0 Å². The molecule has 1 fully saturated rings. The number of carbonyl (C=O) groups is 1. The predicted molar refractivity (Wildman–Crippen MR) is 115 cm³/mol. The van der Waals surface area contributed by atoms with Gasteiger partial charge in [0.25, 0.3) is 5.91 Å². The minimum atomic E-state index is -0.607. The van der Waals surface area contributed by atoms with Gasteiger partial charge < -0.3 is 26.8 Å². The lowest BCUT2D eigenvalue weighted by Gasteiger charge is -2.30. The summed E-state index contributed by atoms with van der Waals surface area (Å²) in [5.74, 6) is 0.694. The monoisotopic (exact) mass is 398 g/mol. The summed E-state index contributed by atoms with van der Waals surface area (Å²) in [6.07, 6.45) is 6.01. The fourth-order valence-electron chi connectivity index (χ4n) is 3.52. The van der Waals surface area contributed by atoms with Crippen LogP contribution in [0.1, 0.15) is 55.7 Å². The molecule has 1 aliphatic carbocycles. The molecule has 2 aromatic heterocycles. The van der Waals surface area contributed by atoms with Gasteiger partial charge in [0, 0.05) is 12.1 Å². The van der Waals surface area contributed by atoms with E-state index in [4.69, 9.17) is 16.2 Å². The molecule has 2 unspecified atom stereocenters. The smallest absolute Gasteiger partial charge is 0.269 e. The molecule has 0 radical (unpaired) electrons. The van der Waals surface area contributed by atoms with E-state index in [9.17, 15) is 4.79 Å². The van der Waals surface area contributed by atoms with Crippen LogP contribution in [0.2, 0.25) is 0 Å². The van der Waals surface area contributed by atoms with Gasteiger partial charge in [-0.3, -0.25) is 4.79 Å². The second-order valence-electron chi connectivity index (χ2n) is 7.76. The number of pyridine rings is 2. The van der Waals surface area contributed by atoms with Gasteiger partial charge in [-0.05, 0) is 51.8 Å². The van der Waals surface area contributed by atoms with E-state index < -0.39 is 5.91 Å². The quantitative estimate of drug-likeness (QED) is 0.564. The molecule has 1 amide bonds. The van der Waals surface area contributed by atoms with Crippen molar-refractivity contribution in [1.29, 1.82) is 0 Å². The summed E-state index contributed by atoms with van der Waals surface area (Å²) < 4.78 is 5.73. The second kappa shape index (κ2) is 9.09. The third kappa shape index (κ3) is 5.35. The molecule has 0 spiro atoms. The fraction of sp³-hybridized carbons (Fsp3) is 0.476. The zero-order valence-electron chi connectivity index (χ0n) is 17.2. The number of amides is 1. The van der Waals surface area contributed by atoms with E-state index in [1.54, 1.807) is 12.3 Å². The molecule has 6 N–H and O–H groups in total. The highest BCUT2D eigenvalue weighted by Crippen LogP contribution is 2.27. The van der Waals surface area contributed by atoms with E-state index in [1.165, 1.54) is 0 Å². The summed E-state index contributed by atoms with van der Waals surface area (Å²) in [6, 6.07) is 5.77. The minimum absolute atomic E-state index is 0.0638. The second-order valence-corrected chi connectivity index (χ2v) is 7.76. The molecule has 8 nitrogen and oxygen atoms in total. The van der Waals surface area contributed by atoms with Crippen molar-refractivity contribution in [3.8, 4) is 5.75 Å². The normalized spacial score (nSPS) is 19.1. The number of ether oxygens (including phenoxy) is 1. The number of aromatic nitrogens is 2. The summed E-state index contributed by atoms with van der Waals surface area (Å²) in [5, 5.41) is 6.61. The number of aryl methyl sites for hydroxylation is 1. The molecule has 3 rings (SSSR count). The molecule has 29 heavy (non-hydrogen) atoms. The van der Waals surface area contributed by atoms with Crippen LogP contribution in [0.3, 0.4) is 0 Å². The molecule has 0 saturated heterocycles. The average Bonchev–Trinajstić information content (AvgIpc) is 2.65. The number of nitrogens with two attached hydrogens (primary N) is 2. The third-order valence-corrected chi connectivity index (χ3v) is 4.96. The van der Waals surface area contributed by atoms with Crippen molar-refractivity contribution in [2.45, 2.75) is 64.6 Å². The summed E-state index contributed by atoms with van der Waals surface area (Å²) in [7, 11) is 0. The molecule has 2 atom stereocenters. The molecular weight excluding hydrogens is 368 g/mol. The standard InChI is InChI=1S/C21H30N6O2/c1-12(2)29-18-8-9-19(25-13(18)3)27-17-10-14(11-24-20(17)21(23)28)26-16-7-5-4-6-15(16)22/h8-12,15-16,26H,4-7,22H2,1-3H3,(H2,23,28)(H,25,27). The number of nitrogens with one attached hydrogen (secondary N) is 2. The average molecular weight is 399 g/mol. The number of anilines is 3. The lowest BCUT2D eigenvalue weighted by atomic mass is 9.91. The lowest BCUT2D eigenvalue weighted by Crippen LogP contribution is -2.42. The van der Waals surface area contributed by atoms with E-state index in [1.807, 2.05) is 32.9 Å². The minimum Gasteiger partial charge on any atom is -0.489 e. The molecule has 1 saturated carbocycles. The van der Waals surface area contributed by atoms with Gasteiger partial charge in [0.2, 0.25) is 0 Å². The van der Waals surface area contributed by atoms with Gasteiger partial charge in [0.05, 0.1) is 29.4 Å². The molecule has 0 aliphatic heterocycles. The topological polar surface area (TPSA) is 128 Å². The van der Waals surface area contributed by atoms with Crippen molar-refractivity contribution >= 4 is 23.1 Å². The van der Waals surface area contributed by atoms with Gasteiger partial charge in [-0.1, -0.05) is 12.8 Å². The maximum absolute atomic E-state index is 11.8. The Morgan fingerprint density at radius 3 is 2.69 bits per heavy atom. The van der Waals surface area contributed by atoms with Crippen LogP contribution in [-0.2, 0) is 0 Å². The molecule has 156 valence electrons. The van der Waals surface area contributed by atoms with Crippen LogP contribution in [-0.4, -0.2) is 34.1 Å². The maximum atomic E-state index is 11.8. The first kappa shape index (κ1) is 20.9. The predicted octanol–water partition coefficient (Wildman–Crippen LogP) is 3.10. The Morgan fingerprint density at radius 2 is 2.03 bits per heavy atom. The van der Waals surface area contributed by atoms with Gasteiger partial charge in [-0.2, -0.15) is 0 Å². The number of hydrogen-bond acceptors (Lipinski definition) is 7. The van der Waals surface area contributed by atoms with Crippen molar-refractivity contribution in [3.05, 3.63) is 35.8 Å². The summed E-state index contributed by atoms with van der Waals surface area (Å²) >= 11 is 0. The summed E-state index contributed by atoms with van der Waals surface area (Å²) in [5.41, 5.74) is 13.9. The zero-order valence-corrected chi connectivity index (χ0v) is 17.2. The van der Waals surface area contributed by atoms with E-state index in [0.717, 1.165) is 42.8 Å². The molecule has 2 heterocycles. The maximum Gasteiger partial charge on any atom is 0.269 e. The Morgan fingerprint density at radius 1 is 1.28 bits per heavy atom. The number of rotatable bonds is 7. The number of nitrogens with zero attached hydrogens (tertiary/aromatic N) is 2. The molecule has 0 aromatic carbocycles. The summed E-state index contributed by atoms with van der Waals surface area (Å²) in [6.45, 7) is 5.80. The first-order chi connectivity index (χ1) is 13.8. The Balaban J connectivity index is 1.83. The van der Waals surface area contributed by atoms with Crippen LogP contribution < -0.4 is 26.8 Å². The molecule has 8 heteroatoms. The van der Waals surface area contributed by atoms with E-state index in [-0.39, 0.29) is 23.9 Å². The molecule has 0 bridgehead atoms. The molecule has 2 aromatic rings. The van der Waals surface area contributed by atoms with Crippen LogP contribution in [0.15, 0.2) is 24.4 Å². The van der Waals surface area contributed by atoms with Crippen LogP contribution in [0.5, 0.6) is 5.75 Å². The number of hydrogen-bond donors (Lipinski definition) is 4. The fourth-order valence-corrected chi connectivity index (χ4v) is 3.52. The molecular formula is C21H30N6O2. The zero-order chi connectivity index (χ0) is 21.0. The highest BCUT2D eigenvalue weighted by atomic mass is 16.5. The van der Waals surface area contributed by atoms with E-state index in [2.05, 4.69) is 20.6 Å². The van der Waals surface area contributed by atoms with Gasteiger partial charge in [0.1, 0.15) is 11.6 Å². The Kier molecular flexibility index (Phi) is 6.53. The van der Waals surface area contributed by atoms with E-state index in [0.29, 0.717) is 11.5 Å². The number of primary amides is 1. The SMILES string of the molecule is Cc1nc(Nc2cc(NC3CCCCC3N)cnc2C(N)=O)ccc1OC(C)C. The Bertz CT molecular complexity index is 870. The largest absolute Gasteiger partial charge is 0.489 e. The van der Waals surface area contributed by atoms with Crippen molar-refractivity contribution in [2.75, 3.05) is 10.6 Å². The van der Waals surface area contributed by atoms with Gasteiger partial charge in [-0.15, -0.1) is 0 Å². The van der Waals surface area contributed by atoms with Crippen molar-refractivity contribution < 1.29 is 9.53 Å². The highest BCUT2D eigenvalue weighted by Gasteiger charge is 2.22. The first-order valence-corrected chi connectivity index (χ1v) is 10.1. The van der Waals surface area contributed by atoms with Crippen LogP contribution in [0.4, 0.5) is 17.2 Å². The molecule has 1 aliphatic rings. The number of carbonyl (C=O) groups excluding carboxylic acids is 1.